The number of amides is 1. The van der Waals surface area contributed by atoms with E-state index >= 15 is 0 Å². The predicted octanol–water partition coefficient (Wildman–Crippen LogP) is 2.27. The van der Waals surface area contributed by atoms with Crippen LogP contribution >= 0.6 is 0 Å². The Bertz CT molecular complexity index is 409. The Kier molecular flexibility index (Phi) is 4.46. The number of carbonyl (C=O) groups is 1. The van der Waals surface area contributed by atoms with Gasteiger partial charge in [-0.25, -0.2) is 0 Å². The van der Waals surface area contributed by atoms with Crippen LogP contribution in [0.2, 0.25) is 0 Å². The van der Waals surface area contributed by atoms with Crippen LogP contribution in [0.3, 0.4) is 0 Å². The van der Waals surface area contributed by atoms with Gasteiger partial charge < -0.3 is 5.32 Å². The van der Waals surface area contributed by atoms with Gasteiger partial charge in [-0.05, 0) is 25.5 Å². The Hall–Kier alpha value is -1.89. The Balaban J connectivity index is 2.67. The Morgan fingerprint density at radius 3 is 3.00 bits per heavy atom. The number of rotatable bonds is 4. The number of aryl methyl sites for hydroxylation is 1. The van der Waals surface area contributed by atoms with E-state index in [9.17, 15) is 4.79 Å². The maximum absolute atomic E-state index is 11.7. The van der Waals surface area contributed by atoms with Crippen LogP contribution in [0.5, 0.6) is 0 Å². The summed E-state index contributed by atoms with van der Waals surface area (Å²) in [6.45, 7) is 3.80. The molecule has 0 saturated heterocycles. The van der Waals surface area contributed by atoms with Gasteiger partial charge >= 0.3 is 0 Å². The van der Waals surface area contributed by atoms with Crippen LogP contribution in [0.15, 0.2) is 18.3 Å². The second-order valence-electron chi connectivity index (χ2n) is 3.65. The third-order valence-corrected chi connectivity index (χ3v) is 2.21. The summed E-state index contributed by atoms with van der Waals surface area (Å²) in [6.07, 6.45) is 3.04. The van der Waals surface area contributed by atoms with Crippen LogP contribution < -0.4 is 5.32 Å². The smallest absolute Gasteiger partial charge is 0.241 e. The van der Waals surface area contributed by atoms with Gasteiger partial charge in [0.15, 0.2) is 0 Å². The van der Waals surface area contributed by atoms with Crippen molar-refractivity contribution in [3.8, 4) is 6.07 Å². The minimum absolute atomic E-state index is 0.241. The lowest BCUT2D eigenvalue weighted by Gasteiger charge is -2.09. The molecule has 1 heterocycles. The van der Waals surface area contributed by atoms with Crippen molar-refractivity contribution < 1.29 is 4.79 Å². The van der Waals surface area contributed by atoms with Crippen molar-refractivity contribution in [2.45, 2.75) is 26.7 Å². The summed E-state index contributed by atoms with van der Waals surface area (Å²) >= 11 is 0. The average molecular weight is 217 g/mol. The zero-order chi connectivity index (χ0) is 12.0. The topological polar surface area (TPSA) is 65.8 Å². The Labute approximate surface area is 95.3 Å². The molecule has 0 saturated carbocycles. The normalized spacial score (nSPS) is 11.6. The summed E-state index contributed by atoms with van der Waals surface area (Å²) in [6, 6.07) is 5.50. The van der Waals surface area contributed by atoms with Crippen molar-refractivity contribution >= 4 is 11.6 Å². The first-order valence-electron chi connectivity index (χ1n) is 5.30. The molecule has 0 aliphatic carbocycles. The third kappa shape index (κ3) is 3.35. The Morgan fingerprint density at radius 2 is 2.44 bits per heavy atom. The molecule has 1 aromatic heterocycles. The summed E-state index contributed by atoms with van der Waals surface area (Å²) in [5, 5.41) is 11.6. The van der Waals surface area contributed by atoms with E-state index in [1.54, 1.807) is 18.3 Å². The molecule has 0 bridgehead atoms. The van der Waals surface area contributed by atoms with Crippen LogP contribution in [0, 0.1) is 24.2 Å². The number of nitrogens with zero attached hydrogens (tertiary/aromatic N) is 2. The van der Waals surface area contributed by atoms with E-state index in [2.05, 4.69) is 10.3 Å². The molecule has 0 aliphatic rings. The van der Waals surface area contributed by atoms with Crippen molar-refractivity contribution in [3.63, 3.8) is 0 Å². The van der Waals surface area contributed by atoms with Crippen LogP contribution in [-0.2, 0) is 4.79 Å². The quantitative estimate of drug-likeness (QED) is 0.841. The van der Waals surface area contributed by atoms with Gasteiger partial charge in [0.2, 0.25) is 5.91 Å². The van der Waals surface area contributed by atoms with Gasteiger partial charge in [-0.1, -0.05) is 13.3 Å². The number of hydrogen-bond acceptors (Lipinski definition) is 3. The van der Waals surface area contributed by atoms with Gasteiger partial charge in [0.05, 0.1) is 6.07 Å². The summed E-state index contributed by atoms with van der Waals surface area (Å²) < 4.78 is 0. The molecule has 1 amide bonds. The van der Waals surface area contributed by atoms with E-state index in [-0.39, 0.29) is 5.91 Å². The first-order chi connectivity index (χ1) is 7.67. The average Bonchev–Trinajstić information content (AvgIpc) is 2.25. The van der Waals surface area contributed by atoms with E-state index < -0.39 is 5.92 Å². The molecule has 1 rings (SSSR count). The number of carbonyl (C=O) groups excluding carboxylic acids is 1. The number of nitrogens with one attached hydrogen (secondary N) is 1. The van der Waals surface area contributed by atoms with E-state index in [1.807, 2.05) is 19.9 Å². The highest BCUT2D eigenvalue weighted by molar-refractivity contribution is 5.94. The second kappa shape index (κ2) is 5.86. The molecule has 1 N–H and O–H groups in total. The summed E-state index contributed by atoms with van der Waals surface area (Å²) in [5.74, 6) is -0.812. The van der Waals surface area contributed by atoms with Crippen molar-refractivity contribution in [3.05, 3.63) is 24.0 Å². The summed E-state index contributed by atoms with van der Waals surface area (Å²) in [7, 11) is 0. The van der Waals surface area contributed by atoms with E-state index in [4.69, 9.17) is 5.26 Å². The van der Waals surface area contributed by atoms with Crippen molar-refractivity contribution in [2.75, 3.05) is 5.32 Å². The van der Waals surface area contributed by atoms with Crippen molar-refractivity contribution in [1.82, 2.24) is 4.98 Å². The number of nitriles is 1. The van der Waals surface area contributed by atoms with Gasteiger partial charge in [0.1, 0.15) is 5.92 Å². The molecule has 84 valence electrons. The fraction of sp³-hybridized carbons (Fsp3) is 0.417. The first-order valence-corrected chi connectivity index (χ1v) is 5.30. The molecular weight excluding hydrogens is 202 g/mol. The lowest BCUT2D eigenvalue weighted by molar-refractivity contribution is -0.118. The van der Waals surface area contributed by atoms with Gasteiger partial charge in [-0.15, -0.1) is 0 Å². The maximum Gasteiger partial charge on any atom is 0.241 e. The van der Waals surface area contributed by atoms with Gasteiger partial charge in [0, 0.05) is 17.6 Å². The fourth-order valence-electron chi connectivity index (χ4n) is 1.40. The molecule has 0 aliphatic heterocycles. The lowest BCUT2D eigenvalue weighted by atomic mass is 10.0. The highest BCUT2D eigenvalue weighted by atomic mass is 16.1. The second-order valence-corrected chi connectivity index (χ2v) is 3.65. The number of pyridine rings is 1. The summed E-state index contributed by atoms with van der Waals surface area (Å²) in [4.78, 5) is 15.7. The van der Waals surface area contributed by atoms with E-state index in [1.165, 1.54) is 0 Å². The summed E-state index contributed by atoms with van der Waals surface area (Å²) in [5.41, 5.74) is 1.52. The molecule has 1 aromatic rings. The standard InChI is InChI=1S/C12H15N3O/c1-3-4-10(8-13)12(16)15-11-5-6-14-9(2)7-11/h5-7,10H,3-4H2,1-2H3,(H,14,15,16). The molecular formula is C12H15N3O. The molecule has 0 spiro atoms. The van der Waals surface area contributed by atoms with Crippen LogP contribution in [0.25, 0.3) is 0 Å². The van der Waals surface area contributed by atoms with E-state index in [0.717, 1.165) is 12.1 Å². The third-order valence-electron chi connectivity index (χ3n) is 2.21. The van der Waals surface area contributed by atoms with Crippen molar-refractivity contribution in [2.24, 2.45) is 5.92 Å². The minimum Gasteiger partial charge on any atom is -0.325 e. The fourth-order valence-corrected chi connectivity index (χ4v) is 1.40. The van der Waals surface area contributed by atoms with Crippen molar-refractivity contribution in [1.29, 1.82) is 5.26 Å². The molecule has 4 nitrogen and oxygen atoms in total. The zero-order valence-corrected chi connectivity index (χ0v) is 9.53. The SMILES string of the molecule is CCCC(C#N)C(=O)Nc1ccnc(C)c1. The lowest BCUT2D eigenvalue weighted by Crippen LogP contribution is -2.21. The van der Waals surface area contributed by atoms with Gasteiger partial charge in [-0.3, -0.25) is 9.78 Å². The van der Waals surface area contributed by atoms with E-state index in [0.29, 0.717) is 12.1 Å². The van der Waals surface area contributed by atoms with Gasteiger partial charge in [0.25, 0.3) is 0 Å². The largest absolute Gasteiger partial charge is 0.325 e. The number of hydrogen-bond donors (Lipinski definition) is 1. The predicted molar refractivity (Wildman–Crippen MR) is 61.6 cm³/mol. The number of aromatic nitrogens is 1. The maximum atomic E-state index is 11.7. The van der Waals surface area contributed by atoms with Crippen LogP contribution in [0.4, 0.5) is 5.69 Å². The highest BCUT2D eigenvalue weighted by Crippen LogP contribution is 2.11. The highest BCUT2D eigenvalue weighted by Gasteiger charge is 2.16. The minimum atomic E-state index is -0.571. The van der Waals surface area contributed by atoms with Crippen LogP contribution in [-0.4, -0.2) is 10.9 Å². The Morgan fingerprint density at radius 1 is 1.69 bits per heavy atom. The molecule has 1 unspecified atom stereocenters. The monoisotopic (exact) mass is 217 g/mol. The van der Waals surface area contributed by atoms with Crippen LogP contribution in [0.1, 0.15) is 25.5 Å². The molecule has 4 heteroatoms. The molecule has 0 fully saturated rings. The molecule has 0 aromatic carbocycles. The molecule has 0 radical (unpaired) electrons. The first kappa shape index (κ1) is 12.2. The zero-order valence-electron chi connectivity index (χ0n) is 9.53. The molecule has 16 heavy (non-hydrogen) atoms. The van der Waals surface area contributed by atoms with Gasteiger partial charge in [-0.2, -0.15) is 5.26 Å². The molecule has 1 atom stereocenters. The number of anilines is 1.